The number of aromatic nitrogens is 1. The van der Waals surface area contributed by atoms with Gasteiger partial charge in [0.1, 0.15) is 11.4 Å². The Balaban J connectivity index is 1.53. The fourth-order valence-corrected chi connectivity index (χ4v) is 4.50. The van der Waals surface area contributed by atoms with Crippen LogP contribution >= 0.6 is 23.2 Å². The molecule has 0 amide bonds. The second-order valence-electron chi connectivity index (χ2n) is 8.71. The molecule has 1 aromatic heterocycles. The third-order valence-corrected chi connectivity index (χ3v) is 6.76. The highest BCUT2D eigenvalue weighted by atomic mass is 35.5. The second kappa shape index (κ2) is 11.5. The summed E-state index contributed by atoms with van der Waals surface area (Å²) >= 11 is 12.5. The number of aromatic carboxylic acids is 1. The number of nitrogens with zero attached hydrogens (tertiary/aromatic N) is 2. The van der Waals surface area contributed by atoms with Crippen molar-refractivity contribution in [1.82, 2.24) is 4.57 Å². The molecule has 0 saturated carbocycles. The van der Waals surface area contributed by atoms with Gasteiger partial charge in [-0.2, -0.15) is 0 Å². The number of benzene rings is 3. The van der Waals surface area contributed by atoms with Gasteiger partial charge in [-0.15, -0.1) is 0 Å². The van der Waals surface area contributed by atoms with Crippen LogP contribution in [0.2, 0.25) is 10.0 Å². The fourth-order valence-electron chi connectivity index (χ4n) is 4.18. The molecule has 0 aliphatic carbocycles. The molecule has 5 nitrogen and oxygen atoms in total. The van der Waals surface area contributed by atoms with Crippen molar-refractivity contribution in [3.05, 3.63) is 111 Å². The van der Waals surface area contributed by atoms with E-state index in [2.05, 4.69) is 4.90 Å². The molecule has 0 saturated heterocycles. The van der Waals surface area contributed by atoms with Crippen LogP contribution in [-0.4, -0.2) is 22.2 Å². The van der Waals surface area contributed by atoms with Crippen molar-refractivity contribution < 1.29 is 14.6 Å². The van der Waals surface area contributed by atoms with Gasteiger partial charge >= 0.3 is 5.97 Å². The first-order valence-electron chi connectivity index (χ1n) is 11.7. The Kier molecular flexibility index (Phi) is 8.24. The molecule has 0 spiro atoms. The first-order valence-corrected chi connectivity index (χ1v) is 12.5. The van der Waals surface area contributed by atoms with Crippen LogP contribution in [0, 0.1) is 13.8 Å². The number of carbonyl (C=O) groups is 1. The van der Waals surface area contributed by atoms with Crippen LogP contribution in [-0.2, 0) is 13.1 Å². The molecule has 36 heavy (non-hydrogen) atoms. The van der Waals surface area contributed by atoms with Crippen molar-refractivity contribution in [2.75, 3.05) is 11.5 Å². The Morgan fingerprint density at radius 2 is 1.67 bits per heavy atom. The molecule has 0 aliphatic rings. The molecule has 0 atom stereocenters. The Morgan fingerprint density at radius 1 is 0.944 bits per heavy atom. The van der Waals surface area contributed by atoms with Gasteiger partial charge in [-0.1, -0.05) is 53.5 Å². The number of hydrogen-bond donors (Lipinski definition) is 1. The summed E-state index contributed by atoms with van der Waals surface area (Å²) in [6, 6.07) is 23.1. The number of carboxylic acids is 1. The molecule has 1 heterocycles. The summed E-state index contributed by atoms with van der Waals surface area (Å²) in [6.07, 6.45) is 2.53. The van der Waals surface area contributed by atoms with Crippen molar-refractivity contribution in [2.45, 2.75) is 33.4 Å². The minimum atomic E-state index is -0.970. The second-order valence-corrected chi connectivity index (χ2v) is 9.52. The van der Waals surface area contributed by atoms with E-state index in [1.54, 1.807) is 10.6 Å². The zero-order valence-corrected chi connectivity index (χ0v) is 21.8. The molecule has 186 valence electrons. The highest BCUT2D eigenvalue weighted by molar-refractivity contribution is 6.32. The molecule has 4 rings (SSSR count). The number of carboxylic acid groups (broad SMARTS) is 1. The molecular formula is C29H28Cl2N2O3. The van der Waals surface area contributed by atoms with E-state index in [0.717, 1.165) is 38.8 Å². The topological polar surface area (TPSA) is 54.7 Å². The van der Waals surface area contributed by atoms with Crippen LogP contribution in [0.15, 0.2) is 79.0 Å². The Bertz CT molecular complexity index is 1330. The summed E-state index contributed by atoms with van der Waals surface area (Å²) in [6.45, 7) is 5.41. The average Bonchev–Trinajstić information content (AvgIpc) is 3.28. The van der Waals surface area contributed by atoms with Crippen LogP contribution in [0.5, 0.6) is 5.75 Å². The summed E-state index contributed by atoms with van der Waals surface area (Å²) in [5, 5.41) is 11.3. The van der Waals surface area contributed by atoms with E-state index in [9.17, 15) is 9.90 Å². The first-order chi connectivity index (χ1) is 17.3. The molecule has 0 aliphatic heterocycles. The van der Waals surface area contributed by atoms with Gasteiger partial charge in [0.2, 0.25) is 0 Å². The number of para-hydroxylation sites is 1. The lowest BCUT2D eigenvalue weighted by atomic mass is 10.1. The van der Waals surface area contributed by atoms with Gasteiger partial charge < -0.3 is 19.3 Å². The fraction of sp³-hybridized carbons (Fsp3) is 0.207. The van der Waals surface area contributed by atoms with E-state index in [1.807, 2.05) is 86.8 Å². The third-order valence-electron chi connectivity index (χ3n) is 5.93. The first kappa shape index (κ1) is 25.7. The lowest BCUT2D eigenvalue weighted by Crippen LogP contribution is -2.16. The van der Waals surface area contributed by atoms with Gasteiger partial charge in [0.05, 0.1) is 12.3 Å². The monoisotopic (exact) mass is 522 g/mol. The van der Waals surface area contributed by atoms with E-state index >= 15 is 0 Å². The Morgan fingerprint density at radius 3 is 2.33 bits per heavy atom. The lowest BCUT2D eigenvalue weighted by molar-refractivity contribution is 0.0684. The average molecular weight is 523 g/mol. The summed E-state index contributed by atoms with van der Waals surface area (Å²) in [5.74, 6) is -0.209. The van der Waals surface area contributed by atoms with E-state index < -0.39 is 5.97 Å². The number of ether oxygens (including phenoxy) is 1. The maximum absolute atomic E-state index is 12.1. The molecule has 4 aromatic rings. The quantitative estimate of drug-likeness (QED) is 0.215. The van der Waals surface area contributed by atoms with E-state index in [4.69, 9.17) is 27.9 Å². The van der Waals surface area contributed by atoms with Crippen molar-refractivity contribution in [3.63, 3.8) is 0 Å². The van der Waals surface area contributed by atoms with Crippen LogP contribution < -0.4 is 9.64 Å². The molecule has 3 aromatic carbocycles. The molecule has 0 radical (unpaired) electrons. The van der Waals surface area contributed by atoms with Gasteiger partial charge in [-0.25, -0.2) is 4.79 Å². The van der Waals surface area contributed by atoms with Crippen molar-refractivity contribution >= 4 is 40.5 Å². The third kappa shape index (κ3) is 6.23. The predicted octanol–water partition coefficient (Wildman–Crippen LogP) is 7.92. The zero-order chi connectivity index (χ0) is 25.7. The number of rotatable bonds is 10. The van der Waals surface area contributed by atoms with Gasteiger partial charge in [0.15, 0.2) is 0 Å². The van der Waals surface area contributed by atoms with Crippen LogP contribution in [0.3, 0.4) is 0 Å². The predicted molar refractivity (Wildman–Crippen MR) is 146 cm³/mol. The number of aryl methyl sites for hydroxylation is 3. The lowest BCUT2D eigenvalue weighted by Gasteiger charge is -2.24. The van der Waals surface area contributed by atoms with Gasteiger partial charge in [-0.05, 0) is 79.4 Å². The Labute approximate surface area is 221 Å². The summed E-state index contributed by atoms with van der Waals surface area (Å²) in [4.78, 5) is 14.1. The summed E-state index contributed by atoms with van der Waals surface area (Å²) in [5.41, 5.74) is 4.95. The highest BCUT2D eigenvalue weighted by Gasteiger charge is 2.18. The van der Waals surface area contributed by atoms with Gasteiger partial charge in [0, 0.05) is 35.0 Å². The van der Waals surface area contributed by atoms with Crippen LogP contribution in [0.25, 0.3) is 0 Å². The van der Waals surface area contributed by atoms with E-state index in [0.29, 0.717) is 31.1 Å². The van der Waals surface area contributed by atoms with Gasteiger partial charge in [-0.3, -0.25) is 0 Å². The van der Waals surface area contributed by atoms with Gasteiger partial charge in [0.25, 0.3) is 0 Å². The molecule has 0 bridgehead atoms. The maximum atomic E-state index is 12.1. The largest absolute Gasteiger partial charge is 0.494 e. The summed E-state index contributed by atoms with van der Waals surface area (Å²) < 4.78 is 7.69. The van der Waals surface area contributed by atoms with Crippen molar-refractivity contribution in [3.8, 4) is 5.75 Å². The zero-order valence-electron chi connectivity index (χ0n) is 20.2. The minimum Gasteiger partial charge on any atom is -0.494 e. The van der Waals surface area contributed by atoms with Crippen LogP contribution in [0.4, 0.5) is 11.4 Å². The normalized spacial score (nSPS) is 10.9. The Hall–Kier alpha value is -3.41. The van der Waals surface area contributed by atoms with Crippen molar-refractivity contribution in [2.24, 2.45) is 0 Å². The molecule has 0 unspecified atom stereocenters. The minimum absolute atomic E-state index is 0.232. The molecule has 0 fully saturated rings. The van der Waals surface area contributed by atoms with Crippen LogP contribution in [0.1, 0.15) is 33.6 Å². The van der Waals surface area contributed by atoms with E-state index in [-0.39, 0.29) is 5.69 Å². The standard InChI is InChI=1S/C29H28Cl2N2O3/c1-20-14-26(15-21(2)28(20)31)36-13-7-12-32-19-25(17-27(32)29(34)35)33(24-10-4-3-5-11-24)18-22-8-6-9-23(30)16-22/h3-6,8-11,14-17,19H,7,12-13,18H2,1-2H3,(H,34,35). The summed E-state index contributed by atoms with van der Waals surface area (Å²) in [7, 11) is 0. The molecule has 7 heteroatoms. The highest BCUT2D eigenvalue weighted by Crippen LogP contribution is 2.30. The number of halogens is 2. The smallest absolute Gasteiger partial charge is 0.352 e. The SMILES string of the molecule is Cc1cc(OCCCn2cc(N(Cc3cccc(Cl)c3)c3ccccc3)cc2C(=O)O)cc(C)c1Cl. The number of hydrogen-bond acceptors (Lipinski definition) is 3. The van der Waals surface area contributed by atoms with E-state index in [1.165, 1.54) is 0 Å². The molecular weight excluding hydrogens is 495 g/mol. The van der Waals surface area contributed by atoms with Crippen molar-refractivity contribution in [1.29, 1.82) is 0 Å². The number of anilines is 2. The molecule has 1 N–H and O–H groups in total. The maximum Gasteiger partial charge on any atom is 0.352 e.